The van der Waals surface area contributed by atoms with Crippen LogP contribution in [0.2, 0.25) is 0 Å². The lowest BCUT2D eigenvalue weighted by molar-refractivity contribution is 0.311. The highest BCUT2D eigenvalue weighted by atomic mass is 19.1. The predicted octanol–water partition coefficient (Wildman–Crippen LogP) is 4.59. The van der Waals surface area contributed by atoms with Gasteiger partial charge in [0.05, 0.1) is 7.11 Å². The van der Waals surface area contributed by atoms with Crippen molar-refractivity contribution in [2.75, 3.05) is 13.7 Å². The molecule has 0 bridgehead atoms. The van der Waals surface area contributed by atoms with E-state index >= 15 is 0 Å². The molecule has 1 aromatic carbocycles. The van der Waals surface area contributed by atoms with E-state index in [4.69, 9.17) is 4.74 Å². The van der Waals surface area contributed by atoms with Crippen molar-refractivity contribution in [3.05, 3.63) is 29.3 Å². The smallest absolute Gasteiger partial charge is 0.134 e. The second-order valence-electron chi connectivity index (χ2n) is 5.79. The molecule has 2 nitrogen and oxygen atoms in total. The largest absolute Gasteiger partial charge is 0.497 e. The minimum absolute atomic E-state index is 0.171. The molecule has 0 aromatic heterocycles. The first-order valence-electron chi connectivity index (χ1n) is 7.93. The Bertz CT molecular complexity index is 433. The first kappa shape index (κ1) is 16.2. The average molecular weight is 297 g/mol. The van der Waals surface area contributed by atoms with Crippen LogP contribution in [0.1, 0.15) is 57.1 Å². The number of halogens is 2. The Hall–Kier alpha value is -1.16. The Morgan fingerprint density at radius 1 is 1.14 bits per heavy atom. The van der Waals surface area contributed by atoms with Gasteiger partial charge in [0, 0.05) is 23.7 Å². The molecule has 0 amide bonds. The van der Waals surface area contributed by atoms with Gasteiger partial charge in [0.1, 0.15) is 17.4 Å². The van der Waals surface area contributed by atoms with Crippen molar-refractivity contribution in [1.82, 2.24) is 5.32 Å². The van der Waals surface area contributed by atoms with E-state index < -0.39 is 11.6 Å². The van der Waals surface area contributed by atoms with Crippen LogP contribution in [0.15, 0.2) is 12.1 Å². The van der Waals surface area contributed by atoms with E-state index in [2.05, 4.69) is 5.32 Å². The Balaban J connectivity index is 2.32. The highest BCUT2D eigenvalue weighted by Crippen LogP contribution is 2.36. The molecular formula is C17H25F2NO. The zero-order valence-corrected chi connectivity index (χ0v) is 12.9. The molecule has 0 heterocycles. The molecule has 1 saturated carbocycles. The summed E-state index contributed by atoms with van der Waals surface area (Å²) < 4.78 is 33.7. The van der Waals surface area contributed by atoms with Crippen LogP contribution in [0.5, 0.6) is 5.75 Å². The normalized spacial score (nSPS) is 18.3. The van der Waals surface area contributed by atoms with Crippen LogP contribution in [0.4, 0.5) is 8.78 Å². The van der Waals surface area contributed by atoms with Gasteiger partial charge in [-0.25, -0.2) is 8.78 Å². The van der Waals surface area contributed by atoms with Crippen LogP contribution < -0.4 is 10.1 Å². The molecule has 0 radical (unpaired) electrons. The van der Waals surface area contributed by atoms with E-state index in [1.165, 1.54) is 32.1 Å². The second-order valence-corrected chi connectivity index (χ2v) is 5.79. The van der Waals surface area contributed by atoms with Gasteiger partial charge in [-0.3, -0.25) is 0 Å². The van der Waals surface area contributed by atoms with Crippen LogP contribution in [-0.2, 0) is 0 Å². The van der Waals surface area contributed by atoms with Gasteiger partial charge in [-0.1, -0.05) is 32.6 Å². The van der Waals surface area contributed by atoms with Gasteiger partial charge in [0.25, 0.3) is 0 Å². The minimum Gasteiger partial charge on any atom is -0.497 e. The molecule has 1 aliphatic rings. The van der Waals surface area contributed by atoms with Crippen LogP contribution in [0, 0.1) is 17.6 Å². The molecule has 1 aromatic rings. The van der Waals surface area contributed by atoms with Crippen molar-refractivity contribution in [2.45, 2.75) is 51.5 Å². The van der Waals surface area contributed by atoms with E-state index in [9.17, 15) is 8.78 Å². The van der Waals surface area contributed by atoms with Crippen LogP contribution >= 0.6 is 0 Å². The lowest BCUT2D eigenvalue weighted by Gasteiger charge is -2.28. The van der Waals surface area contributed by atoms with Crippen molar-refractivity contribution < 1.29 is 13.5 Å². The fourth-order valence-electron chi connectivity index (χ4n) is 3.34. The summed E-state index contributed by atoms with van der Waals surface area (Å²) >= 11 is 0. The molecule has 118 valence electrons. The molecule has 1 fully saturated rings. The zero-order chi connectivity index (χ0) is 15.2. The average Bonchev–Trinajstić information content (AvgIpc) is 2.74. The molecule has 4 heteroatoms. The van der Waals surface area contributed by atoms with Gasteiger partial charge in [0.2, 0.25) is 0 Å². The topological polar surface area (TPSA) is 21.3 Å². The molecule has 0 spiro atoms. The molecule has 1 N–H and O–H groups in total. The predicted molar refractivity (Wildman–Crippen MR) is 80.5 cm³/mol. The molecule has 1 aliphatic carbocycles. The third-order valence-corrected chi connectivity index (χ3v) is 4.39. The second kappa shape index (κ2) is 7.74. The van der Waals surface area contributed by atoms with Crippen molar-refractivity contribution in [1.29, 1.82) is 0 Å². The number of hydrogen-bond acceptors (Lipinski definition) is 2. The highest BCUT2D eigenvalue weighted by Gasteiger charge is 2.28. The number of ether oxygens (including phenoxy) is 1. The van der Waals surface area contributed by atoms with Gasteiger partial charge < -0.3 is 10.1 Å². The molecule has 1 unspecified atom stereocenters. The van der Waals surface area contributed by atoms with Crippen molar-refractivity contribution in [3.8, 4) is 5.75 Å². The van der Waals surface area contributed by atoms with E-state index in [0.29, 0.717) is 12.5 Å². The Morgan fingerprint density at radius 3 is 2.19 bits per heavy atom. The molecular weight excluding hydrogens is 272 g/mol. The lowest BCUT2D eigenvalue weighted by atomic mass is 9.86. The molecule has 0 saturated heterocycles. The number of rotatable bonds is 5. The first-order chi connectivity index (χ1) is 10.2. The Morgan fingerprint density at radius 2 is 1.71 bits per heavy atom. The maximum absolute atomic E-state index is 14.4. The zero-order valence-electron chi connectivity index (χ0n) is 12.9. The molecule has 2 rings (SSSR count). The monoisotopic (exact) mass is 297 g/mol. The summed E-state index contributed by atoms with van der Waals surface area (Å²) in [4.78, 5) is 0. The summed E-state index contributed by atoms with van der Waals surface area (Å²) in [5.74, 6) is -0.501. The van der Waals surface area contributed by atoms with E-state index in [-0.39, 0.29) is 17.4 Å². The van der Waals surface area contributed by atoms with Gasteiger partial charge in [-0.15, -0.1) is 0 Å². The minimum atomic E-state index is -0.512. The molecule has 1 atom stereocenters. The number of methoxy groups -OCH3 is 1. The van der Waals surface area contributed by atoms with Crippen molar-refractivity contribution in [2.24, 2.45) is 5.92 Å². The third-order valence-electron chi connectivity index (χ3n) is 4.39. The quantitative estimate of drug-likeness (QED) is 0.802. The maximum atomic E-state index is 14.4. The highest BCUT2D eigenvalue weighted by molar-refractivity contribution is 5.33. The van der Waals surface area contributed by atoms with Gasteiger partial charge in [0.15, 0.2) is 0 Å². The standard InChI is InChI=1S/C17H25F2NO/c1-3-20-17(12-8-6-4-5-7-9-12)16-14(18)10-13(21-2)11-15(16)19/h10-12,17,20H,3-9H2,1-2H3. The summed E-state index contributed by atoms with van der Waals surface area (Å²) in [5, 5.41) is 3.29. The van der Waals surface area contributed by atoms with Crippen LogP contribution in [0.3, 0.4) is 0 Å². The van der Waals surface area contributed by atoms with Gasteiger partial charge in [-0.2, -0.15) is 0 Å². The van der Waals surface area contributed by atoms with Crippen LogP contribution in [-0.4, -0.2) is 13.7 Å². The fraction of sp³-hybridized carbons (Fsp3) is 0.647. The van der Waals surface area contributed by atoms with E-state index in [1.54, 1.807) is 0 Å². The Labute approximate surface area is 125 Å². The van der Waals surface area contributed by atoms with Gasteiger partial charge in [-0.05, 0) is 25.3 Å². The third kappa shape index (κ3) is 3.94. The number of benzene rings is 1. The summed E-state index contributed by atoms with van der Waals surface area (Å²) in [6, 6.07) is 2.30. The molecule has 21 heavy (non-hydrogen) atoms. The Kier molecular flexibility index (Phi) is 5.97. The summed E-state index contributed by atoms with van der Waals surface area (Å²) in [6.07, 6.45) is 6.80. The lowest BCUT2D eigenvalue weighted by Crippen LogP contribution is -2.30. The van der Waals surface area contributed by atoms with Crippen molar-refractivity contribution >= 4 is 0 Å². The fourth-order valence-corrected chi connectivity index (χ4v) is 3.34. The van der Waals surface area contributed by atoms with Gasteiger partial charge >= 0.3 is 0 Å². The van der Waals surface area contributed by atoms with E-state index in [1.807, 2.05) is 6.92 Å². The van der Waals surface area contributed by atoms with Crippen molar-refractivity contribution in [3.63, 3.8) is 0 Å². The van der Waals surface area contributed by atoms with Crippen LogP contribution in [0.25, 0.3) is 0 Å². The summed E-state index contributed by atoms with van der Waals surface area (Å²) in [6.45, 7) is 2.68. The first-order valence-corrected chi connectivity index (χ1v) is 7.93. The summed E-state index contributed by atoms with van der Waals surface area (Å²) in [7, 11) is 1.42. The SMILES string of the molecule is CCNC(c1c(F)cc(OC)cc1F)C1CCCCCC1. The number of nitrogens with one attached hydrogen (secondary N) is 1. The molecule has 0 aliphatic heterocycles. The van der Waals surface area contributed by atoms with E-state index in [0.717, 1.165) is 25.7 Å². The number of hydrogen-bond donors (Lipinski definition) is 1. The maximum Gasteiger partial charge on any atom is 0.134 e. The summed E-state index contributed by atoms with van der Waals surface area (Å²) in [5.41, 5.74) is 0.171.